The van der Waals surface area contributed by atoms with Gasteiger partial charge in [0.25, 0.3) is 5.91 Å². The van der Waals surface area contributed by atoms with E-state index in [1.807, 2.05) is 50.8 Å². The van der Waals surface area contributed by atoms with Crippen molar-refractivity contribution in [2.24, 2.45) is 0 Å². The third-order valence-corrected chi connectivity index (χ3v) is 5.74. The van der Waals surface area contributed by atoms with Gasteiger partial charge in [0.1, 0.15) is 12.3 Å². The molecule has 0 unspecified atom stereocenters. The minimum atomic E-state index is -0.289. The molecule has 9 heteroatoms. The number of hydrogen-bond donors (Lipinski definition) is 1. The molecule has 2 aromatic rings. The molecule has 1 N–H and O–H groups in total. The molecule has 0 radical (unpaired) electrons. The Morgan fingerprint density at radius 2 is 1.65 bits per heavy atom. The van der Waals surface area contributed by atoms with Crippen molar-refractivity contribution in [3.63, 3.8) is 0 Å². The largest absolute Gasteiger partial charge is 0.476 e. The monoisotopic (exact) mass is 471 g/mol. The highest BCUT2D eigenvalue weighted by Gasteiger charge is 2.19. The molecule has 1 amide bonds. The number of ether oxygens (including phenoxy) is 3. The Kier molecular flexibility index (Phi) is 10.1. The van der Waals surface area contributed by atoms with E-state index in [9.17, 15) is 4.79 Å². The molecule has 1 aromatic carbocycles. The first-order valence-corrected chi connectivity index (χ1v) is 12.1. The quantitative estimate of drug-likeness (QED) is 0.659. The zero-order valence-electron chi connectivity index (χ0n) is 20.8. The number of rotatable bonds is 7. The van der Waals surface area contributed by atoms with Crippen molar-refractivity contribution in [2.45, 2.75) is 27.7 Å². The van der Waals surface area contributed by atoms with E-state index >= 15 is 0 Å². The summed E-state index contributed by atoms with van der Waals surface area (Å²) in [6.45, 7) is 15.2. The van der Waals surface area contributed by atoms with Crippen LogP contribution in [0.25, 0.3) is 0 Å². The smallest absolute Gasteiger partial charge is 0.274 e. The molecule has 1 aromatic heterocycles. The second kappa shape index (κ2) is 13.2. The Morgan fingerprint density at radius 1 is 0.971 bits per heavy atom. The summed E-state index contributed by atoms with van der Waals surface area (Å²) in [4.78, 5) is 26.4. The number of nitrogens with one attached hydrogen (secondary N) is 1. The zero-order chi connectivity index (χ0) is 24.3. The van der Waals surface area contributed by atoms with Gasteiger partial charge in [-0.25, -0.2) is 4.98 Å². The van der Waals surface area contributed by atoms with E-state index in [1.54, 1.807) is 6.07 Å². The number of anilines is 2. The Hall–Kier alpha value is -2.75. The molecule has 2 aliphatic rings. The third kappa shape index (κ3) is 7.38. The topological polar surface area (TPSA) is 89.0 Å². The molecule has 2 fully saturated rings. The van der Waals surface area contributed by atoms with Crippen LogP contribution in [0.5, 0.6) is 5.88 Å². The number of amides is 1. The molecule has 34 heavy (non-hydrogen) atoms. The summed E-state index contributed by atoms with van der Waals surface area (Å²) in [5, 5.41) is 2.94. The van der Waals surface area contributed by atoms with Crippen LogP contribution < -0.4 is 15.0 Å². The number of aryl methyl sites for hydroxylation is 2. The summed E-state index contributed by atoms with van der Waals surface area (Å²) >= 11 is 0. The van der Waals surface area contributed by atoms with E-state index in [0.29, 0.717) is 44.7 Å². The maximum atomic E-state index is 13.0. The molecule has 0 bridgehead atoms. The van der Waals surface area contributed by atoms with Gasteiger partial charge in [-0.1, -0.05) is 19.9 Å². The van der Waals surface area contributed by atoms with Crippen LogP contribution in [0.15, 0.2) is 24.3 Å². The van der Waals surface area contributed by atoms with Crippen molar-refractivity contribution in [3.8, 4) is 5.88 Å². The number of carbonyl (C=O) groups excluding carboxylic acids is 1. The van der Waals surface area contributed by atoms with Gasteiger partial charge in [0.15, 0.2) is 0 Å². The average molecular weight is 472 g/mol. The van der Waals surface area contributed by atoms with Crippen LogP contribution in [-0.2, 0) is 9.47 Å². The normalized spacial score (nSPS) is 16.4. The van der Waals surface area contributed by atoms with Gasteiger partial charge < -0.3 is 24.4 Å². The second-order valence-corrected chi connectivity index (χ2v) is 8.05. The first-order chi connectivity index (χ1) is 16.6. The van der Waals surface area contributed by atoms with Crippen molar-refractivity contribution in [1.29, 1.82) is 0 Å². The zero-order valence-corrected chi connectivity index (χ0v) is 20.8. The molecular weight excluding hydrogens is 434 g/mol. The van der Waals surface area contributed by atoms with Crippen LogP contribution in [-0.4, -0.2) is 86.5 Å². The van der Waals surface area contributed by atoms with Gasteiger partial charge in [0.05, 0.1) is 26.4 Å². The van der Waals surface area contributed by atoms with Gasteiger partial charge in [-0.3, -0.25) is 9.69 Å². The van der Waals surface area contributed by atoms with Crippen LogP contribution >= 0.6 is 0 Å². The van der Waals surface area contributed by atoms with Crippen molar-refractivity contribution in [1.82, 2.24) is 14.9 Å². The summed E-state index contributed by atoms with van der Waals surface area (Å²) in [7, 11) is 0. The summed E-state index contributed by atoms with van der Waals surface area (Å²) in [6, 6.07) is 7.45. The molecule has 0 atom stereocenters. The van der Waals surface area contributed by atoms with Crippen LogP contribution in [0, 0.1) is 13.8 Å². The summed E-state index contributed by atoms with van der Waals surface area (Å²) < 4.78 is 16.8. The molecule has 2 aliphatic heterocycles. The molecule has 0 spiro atoms. The molecule has 4 rings (SSSR count). The second-order valence-electron chi connectivity index (χ2n) is 8.05. The van der Waals surface area contributed by atoms with Crippen molar-refractivity contribution in [2.75, 3.05) is 76.0 Å². The highest BCUT2D eigenvalue weighted by Crippen LogP contribution is 2.20. The van der Waals surface area contributed by atoms with Gasteiger partial charge in [0.2, 0.25) is 11.8 Å². The van der Waals surface area contributed by atoms with Gasteiger partial charge in [-0.2, -0.15) is 4.98 Å². The highest BCUT2D eigenvalue weighted by molar-refractivity contribution is 6.03. The van der Waals surface area contributed by atoms with Crippen molar-refractivity contribution >= 4 is 17.5 Å². The standard InChI is InChI=1S/C23H31N5O4.C2H6/c1-17-3-4-19(15-18(17)2)24-22(29)20-16-21(32-14-7-27-5-10-30-11-6-27)26-23(25-20)28-8-12-31-13-9-28;1-2/h3-4,15-16H,5-14H2,1-2H3,(H,24,29);1-2H3. The van der Waals surface area contributed by atoms with Gasteiger partial charge in [-0.15, -0.1) is 0 Å². The first kappa shape index (κ1) is 25.9. The maximum absolute atomic E-state index is 13.0. The van der Waals surface area contributed by atoms with Gasteiger partial charge in [-0.05, 0) is 37.1 Å². The lowest BCUT2D eigenvalue weighted by molar-refractivity contribution is 0.0320. The predicted molar refractivity (Wildman–Crippen MR) is 133 cm³/mol. The van der Waals surface area contributed by atoms with Gasteiger partial charge >= 0.3 is 0 Å². The lowest BCUT2D eigenvalue weighted by Crippen LogP contribution is -2.39. The SMILES string of the molecule is CC.Cc1ccc(NC(=O)c2cc(OCCN3CCOCC3)nc(N3CCOCC3)n2)cc1C. The maximum Gasteiger partial charge on any atom is 0.274 e. The number of morpholine rings is 2. The van der Waals surface area contributed by atoms with Crippen LogP contribution in [0.4, 0.5) is 11.6 Å². The number of hydrogen-bond acceptors (Lipinski definition) is 8. The Bertz CT molecular complexity index is 928. The van der Waals surface area contributed by atoms with E-state index in [4.69, 9.17) is 14.2 Å². The minimum Gasteiger partial charge on any atom is -0.476 e. The molecular formula is C25H37N5O4. The van der Waals surface area contributed by atoms with Crippen LogP contribution in [0.1, 0.15) is 35.5 Å². The fraction of sp³-hybridized carbons (Fsp3) is 0.560. The Balaban J connectivity index is 0.00000158. The molecule has 0 saturated carbocycles. The van der Waals surface area contributed by atoms with Crippen molar-refractivity contribution in [3.05, 3.63) is 41.1 Å². The van der Waals surface area contributed by atoms with Gasteiger partial charge in [0, 0.05) is 44.5 Å². The van der Waals surface area contributed by atoms with E-state index < -0.39 is 0 Å². The molecule has 2 saturated heterocycles. The van der Waals surface area contributed by atoms with E-state index in [-0.39, 0.29) is 11.6 Å². The fourth-order valence-electron chi connectivity index (χ4n) is 3.63. The number of carbonyl (C=O) groups is 1. The molecule has 9 nitrogen and oxygen atoms in total. The minimum absolute atomic E-state index is 0.279. The summed E-state index contributed by atoms with van der Waals surface area (Å²) in [5.74, 6) is 0.602. The van der Waals surface area contributed by atoms with E-state index in [2.05, 4.69) is 20.2 Å². The molecule has 3 heterocycles. The highest BCUT2D eigenvalue weighted by atomic mass is 16.5. The lowest BCUT2D eigenvalue weighted by atomic mass is 10.1. The number of benzene rings is 1. The van der Waals surface area contributed by atoms with Crippen molar-refractivity contribution < 1.29 is 19.0 Å². The number of aromatic nitrogens is 2. The molecule has 186 valence electrons. The number of nitrogens with zero attached hydrogens (tertiary/aromatic N) is 4. The summed E-state index contributed by atoms with van der Waals surface area (Å²) in [6.07, 6.45) is 0. The molecule has 0 aliphatic carbocycles. The average Bonchev–Trinajstić information content (AvgIpc) is 2.88. The lowest BCUT2D eigenvalue weighted by Gasteiger charge is -2.27. The van der Waals surface area contributed by atoms with E-state index in [0.717, 1.165) is 44.1 Å². The Labute approximate surface area is 202 Å². The van der Waals surface area contributed by atoms with Crippen LogP contribution in [0.3, 0.4) is 0 Å². The first-order valence-electron chi connectivity index (χ1n) is 12.1. The predicted octanol–water partition coefficient (Wildman–Crippen LogP) is 2.92. The fourth-order valence-corrected chi connectivity index (χ4v) is 3.63. The third-order valence-electron chi connectivity index (χ3n) is 5.74. The van der Waals surface area contributed by atoms with Crippen LogP contribution in [0.2, 0.25) is 0 Å². The summed E-state index contributed by atoms with van der Waals surface area (Å²) in [5.41, 5.74) is 3.31. The van der Waals surface area contributed by atoms with E-state index in [1.165, 1.54) is 5.56 Å². The Morgan fingerprint density at radius 3 is 2.32 bits per heavy atom.